The van der Waals surface area contributed by atoms with Crippen LogP contribution in [0.25, 0.3) is 10.2 Å². The number of likely N-dealkylation sites (N-methyl/N-ethyl adjacent to an activating group) is 1. The number of anilines is 1. The predicted molar refractivity (Wildman–Crippen MR) is 115 cm³/mol. The van der Waals surface area contributed by atoms with Gasteiger partial charge in [-0.05, 0) is 31.2 Å². The van der Waals surface area contributed by atoms with E-state index in [1.807, 2.05) is 41.1 Å². The molecule has 2 atom stereocenters. The Morgan fingerprint density at radius 1 is 1.14 bits per heavy atom. The van der Waals surface area contributed by atoms with Gasteiger partial charge in [-0.1, -0.05) is 24.3 Å². The third-order valence-corrected chi connectivity index (χ3v) is 6.89. The molecule has 1 aliphatic rings. The van der Waals surface area contributed by atoms with Crippen LogP contribution in [0.2, 0.25) is 0 Å². The number of piperazine rings is 1. The molecule has 2 heterocycles. The van der Waals surface area contributed by atoms with Crippen LogP contribution in [0.1, 0.15) is 18.0 Å². The van der Waals surface area contributed by atoms with Gasteiger partial charge in [0.1, 0.15) is 11.9 Å². The highest BCUT2D eigenvalue weighted by atomic mass is 32.1. The summed E-state index contributed by atoms with van der Waals surface area (Å²) in [6.07, 6.45) is 0. The second-order valence-corrected chi connectivity index (χ2v) is 8.65. The summed E-state index contributed by atoms with van der Waals surface area (Å²) in [5, 5.41) is 1.06. The van der Waals surface area contributed by atoms with Crippen molar-refractivity contribution < 1.29 is 14.1 Å². The van der Waals surface area contributed by atoms with E-state index in [0.29, 0.717) is 38.4 Å². The van der Waals surface area contributed by atoms with Crippen LogP contribution in [0.15, 0.2) is 48.5 Å². The summed E-state index contributed by atoms with van der Waals surface area (Å²) in [4.78, 5) is 22.6. The smallest absolute Gasteiger partial charge is 0.277 e. The van der Waals surface area contributed by atoms with Crippen molar-refractivity contribution in [2.24, 2.45) is 0 Å². The molecular formula is C22H26FN4OS+. The molecule has 152 valence electrons. The van der Waals surface area contributed by atoms with Gasteiger partial charge >= 0.3 is 0 Å². The molecule has 7 heteroatoms. The second-order valence-electron chi connectivity index (χ2n) is 7.58. The number of thiazole rings is 1. The van der Waals surface area contributed by atoms with Crippen LogP contribution in [-0.4, -0.2) is 55.6 Å². The summed E-state index contributed by atoms with van der Waals surface area (Å²) >= 11 is 1.70. The lowest BCUT2D eigenvalue weighted by Crippen LogP contribution is -3.10. The summed E-state index contributed by atoms with van der Waals surface area (Å²) in [5.41, 5.74) is 1.63. The van der Waals surface area contributed by atoms with Crippen molar-refractivity contribution in [1.29, 1.82) is 0 Å². The number of hydrogen-bond acceptors (Lipinski definition) is 4. The van der Waals surface area contributed by atoms with Crippen molar-refractivity contribution in [2.45, 2.75) is 13.0 Å². The maximum absolute atomic E-state index is 14.0. The number of aromatic nitrogens is 1. The first-order valence-corrected chi connectivity index (χ1v) is 10.8. The Hall–Kier alpha value is -2.51. The number of carbonyl (C=O) groups is 1. The zero-order valence-corrected chi connectivity index (χ0v) is 17.6. The van der Waals surface area contributed by atoms with Crippen molar-refractivity contribution in [3.8, 4) is 0 Å². The number of nitrogens with zero attached hydrogens (tertiary/aromatic N) is 3. The molecule has 4 rings (SSSR count). The van der Waals surface area contributed by atoms with Gasteiger partial charge in [0.2, 0.25) is 0 Å². The molecule has 1 saturated heterocycles. The van der Waals surface area contributed by atoms with Crippen molar-refractivity contribution in [3.05, 3.63) is 59.4 Å². The SMILES string of the molecule is C[C@H](c1nc2ccccc2s1)[NH+](C)CC(=O)N1CCN(c2ccccc2F)CC1. The van der Waals surface area contributed by atoms with Crippen molar-refractivity contribution in [2.75, 3.05) is 44.7 Å². The van der Waals surface area contributed by atoms with Crippen LogP contribution in [0.3, 0.4) is 0 Å². The molecule has 3 aromatic rings. The Kier molecular flexibility index (Phi) is 5.78. The van der Waals surface area contributed by atoms with Crippen molar-refractivity contribution >= 4 is 33.1 Å². The normalized spacial score (nSPS) is 16.8. The Morgan fingerprint density at radius 3 is 2.55 bits per heavy atom. The third-order valence-electron chi connectivity index (χ3n) is 5.68. The van der Waals surface area contributed by atoms with Gasteiger partial charge in [-0.2, -0.15) is 0 Å². The molecule has 0 saturated carbocycles. The minimum Gasteiger partial charge on any atom is -0.366 e. The fraction of sp³-hybridized carbons (Fsp3) is 0.364. The number of quaternary nitrogens is 1. The van der Waals surface area contributed by atoms with E-state index in [9.17, 15) is 9.18 Å². The van der Waals surface area contributed by atoms with E-state index in [2.05, 4.69) is 13.0 Å². The lowest BCUT2D eigenvalue weighted by molar-refractivity contribution is -0.902. The lowest BCUT2D eigenvalue weighted by Gasteiger charge is -2.36. The maximum atomic E-state index is 14.0. The number of nitrogens with one attached hydrogen (secondary N) is 1. The van der Waals surface area contributed by atoms with Crippen molar-refractivity contribution in [1.82, 2.24) is 9.88 Å². The Bertz CT molecular complexity index is 966. The number of amides is 1. The Morgan fingerprint density at radius 2 is 1.83 bits per heavy atom. The van der Waals surface area contributed by atoms with Crippen LogP contribution < -0.4 is 9.80 Å². The molecular weight excluding hydrogens is 387 g/mol. The summed E-state index contributed by atoms with van der Waals surface area (Å²) in [6.45, 7) is 5.09. The average molecular weight is 414 g/mol. The molecule has 1 N–H and O–H groups in total. The molecule has 0 bridgehead atoms. The highest BCUT2D eigenvalue weighted by Crippen LogP contribution is 2.25. The van der Waals surface area contributed by atoms with Gasteiger partial charge < -0.3 is 14.7 Å². The largest absolute Gasteiger partial charge is 0.366 e. The molecule has 5 nitrogen and oxygen atoms in total. The van der Waals surface area contributed by atoms with E-state index < -0.39 is 0 Å². The van der Waals surface area contributed by atoms with Crippen LogP contribution in [0.4, 0.5) is 10.1 Å². The summed E-state index contributed by atoms with van der Waals surface area (Å²) in [7, 11) is 2.05. The van der Waals surface area contributed by atoms with Gasteiger partial charge in [-0.3, -0.25) is 4.79 Å². The third kappa shape index (κ3) is 4.26. The highest BCUT2D eigenvalue weighted by Gasteiger charge is 2.27. The number of halogens is 1. The zero-order chi connectivity index (χ0) is 20.4. The minimum atomic E-state index is -0.207. The molecule has 1 aliphatic heterocycles. The van der Waals surface area contributed by atoms with Crippen LogP contribution in [-0.2, 0) is 4.79 Å². The molecule has 0 radical (unpaired) electrons. The number of carbonyl (C=O) groups excluding carboxylic acids is 1. The van der Waals surface area contributed by atoms with Crippen LogP contribution >= 0.6 is 11.3 Å². The average Bonchev–Trinajstić information content (AvgIpc) is 3.18. The van der Waals surface area contributed by atoms with Crippen LogP contribution in [0, 0.1) is 5.82 Å². The molecule has 1 amide bonds. The van der Waals surface area contributed by atoms with E-state index in [0.717, 1.165) is 15.4 Å². The van der Waals surface area contributed by atoms with E-state index in [4.69, 9.17) is 4.98 Å². The fourth-order valence-electron chi connectivity index (χ4n) is 3.69. The Labute approximate surface area is 174 Å². The molecule has 2 aromatic carbocycles. The number of rotatable bonds is 5. The number of fused-ring (bicyclic) bond motifs is 1. The highest BCUT2D eigenvalue weighted by molar-refractivity contribution is 7.18. The van der Waals surface area contributed by atoms with Crippen molar-refractivity contribution in [3.63, 3.8) is 0 Å². The van der Waals surface area contributed by atoms with E-state index in [-0.39, 0.29) is 17.8 Å². The van der Waals surface area contributed by atoms with E-state index in [1.165, 1.54) is 10.8 Å². The van der Waals surface area contributed by atoms with Gasteiger partial charge in [0.15, 0.2) is 11.6 Å². The summed E-state index contributed by atoms with van der Waals surface area (Å²) < 4.78 is 15.2. The number of benzene rings is 2. The van der Waals surface area contributed by atoms with E-state index in [1.54, 1.807) is 23.5 Å². The molecule has 1 aromatic heterocycles. The second kappa shape index (κ2) is 8.47. The maximum Gasteiger partial charge on any atom is 0.277 e. The minimum absolute atomic E-state index is 0.142. The molecule has 0 spiro atoms. The first kappa shape index (κ1) is 19.8. The Balaban J connectivity index is 1.34. The topological polar surface area (TPSA) is 40.9 Å². The first-order valence-electron chi connectivity index (χ1n) is 9.98. The monoisotopic (exact) mass is 413 g/mol. The van der Waals surface area contributed by atoms with E-state index >= 15 is 0 Å². The lowest BCUT2D eigenvalue weighted by atomic mass is 10.2. The molecule has 0 aliphatic carbocycles. The first-order chi connectivity index (χ1) is 14.0. The summed E-state index contributed by atoms with van der Waals surface area (Å²) in [6, 6.07) is 15.1. The quantitative estimate of drug-likeness (QED) is 0.698. The predicted octanol–water partition coefficient (Wildman–Crippen LogP) is 2.36. The molecule has 1 unspecified atom stereocenters. The van der Waals surface area contributed by atoms with Gasteiger partial charge in [-0.15, -0.1) is 11.3 Å². The van der Waals surface area contributed by atoms with Gasteiger partial charge in [0.05, 0.1) is 23.0 Å². The fourth-order valence-corrected chi connectivity index (χ4v) is 4.81. The zero-order valence-electron chi connectivity index (χ0n) is 16.8. The van der Waals surface area contributed by atoms with Gasteiger partial charge in [0, 0.05) is 26.2 Å². The standard InChI is InChI=1S/C22H25FN4OS/c1-16(22-24-18-8-4-6-10-20(18)29-22)25(2)15-21(28)27-13-11-26(12-14-27)19-9-5-3-7-17(19)23/h3-10,16H,11-15H2,1-2H3/p+1/t16-/m1/s1. The van der Waals surface area contributed by atoms with Crippen LogP contribution in [0.5, 0.6) is 0 Å². The van der Waals surface area contributed by atoms with Gasteiger partial charge in [-0.25, -0.2) is 9.37 Å². The summed E-state index contributed by atoms with van der Waals surface area (Å²) in [5.74, 6) is -0.0650. The molecule has 1 fully saturated rings. The molecule has 29 heavy (non-hydrogen) atoms. The number of para-hydroxylation sites is 2. The number of hydrogen-bond donors (Lipinski definition) is 1. The van der Waals surface area contributed by atoms with Gasteiger partial charge in [0.25, 0.3) is 5.91 Å².